The number of nitrogens with one attached hydrogen (secondary N) is 1. The Morgan fingerprint density at radius 2 is 2.17 bits per heavy atom. The van der Waals surface area contributed by atoms with Crippen molar-refractivity contribution in [2.45, 2.75) is 18.6 Å². The van der Waals surface area contributed by atoms with Crippen molar-refractivity contribution >= 4 is 46.9 Å². The highest BCUT2D eigenvalue weighted by molar-refractivity contribution is 7.99. The molecular weight excluding hydrogens is 354 g/mol. The van der Waals surface area contributed by atoms with E-state index >= 15 is 0 Å². The van der Waals surface area contributed by atoms with Gasteiger partial charge in [0.25, 0.3) is 0 Å². The highest BCUT2D eigenvalue weighted by Crippen LogP contribution is 2.21. The Hall–Kier alpha value is -2.26. The molecule has 0 saturated carbocycles. The number of halogens is 1. The van der Waals surface area contributed by atoms with E-state index in [0.717, 1.165) is 17.3 Å². The summed E-state index contributed by atoms with van der Waals surface area (Å²) in [5.41, 5.74) is 7.23. The summed E-state index contributed by atoms with van der Waals surface area (Å²) in [6.45, 7) is 1.76. The van der Waals surface area contributed by atoms with Crippen molar-refractivity contribution < 1.29 is 14.3 Å². The Morgan fingerprint density at radius 1 is 1.42 bits per heavy atom. The number of nitrogen functional groups attached to an aromatic ring is 1. The summed E-state index contributed by atoms with van der Waals surface area (Å²) in [5.74, 6) is -0.571. The molecule has 0 aliphatic rings. The molecule has 1 aromatic carbocycles. The number of carbonyl (C=O) groups is 2. The molecule has 0 bridgehead atoms. The van der Waals surface area contributed by atoms with Crippen molar-refractivity contribution in [2.75, 3.05) is 23.9 Å². The minimum Gasteiger partial charge on any atom is -0.468 e. The number of benzene rings is 1. The van der Waals surface area contributed by atoms with Gasteiger partial charge < -0.3 is 15.8 Å². The summed E-state index contributed by atoms with van der Waals surface area (Å²) in [5, 5.41) is 11.3. The molecule has 0 aliphatic heterocycles. The molecular formula is C14H16ClN5O3S. The number of hydrogen-bond donors (Lipinski definition) is 2. The number of carbonyl (C=O) groups excluding carboxylic acids is 2. The van der Waals surface area contributed by atoms with Gasteiger partial charge in [-0.1, -0.05) is 23.4 Å². The number of methoxy groups -OCH3 is 1. The summed E-state index contributed by atoms with van der Waals surface area (Å²) >= 11 is 6.98. The summed E-state index contributed by atoms with van der Waals surface area (Å²) in [4.78, 5) is 23.4. The minimum absolute atomic E-state index is 0.0482. The molecule has 10 heteroatoms. The number of hydrogen-bond acceptors (Lipinski definition) is 7. The van der Waals surface area contributed by atoms with Crippen LogP contribution in [-0.4, -0.2) is 39.5 Å². The highest BCUT2D eigenvalue weighted by Gasteiger charge is 2.16. The molecule has 0 aliphatic carbocycles. The molecule has 0 spiro atoms. The number of ether oxygens (including phenoxy) is 1. The maximum atomic E-state index is 12.2. The normalized spacial score (nSPS) is 10.5. The minimum atomic E-state index is -0.408. The number of rotatable bonds is 6. The van der Waals surface area contributed by atoms with Crippen molar-refractivity contribution in [3.05, 3.63) is 28.8 Å². The highest BCUT2D eigenvalue weighted by atomic mass is 35.5. The number of thioether (sulfide) groups is 1. The zero-order chi connectivity index (χ0) is 17.7. The van der Waals surface area contributed by atoms with Gasteiger partial charge in [0.05, 0.1) is 12.9 Å². The Kier molecular flexibility index (Phi) is 6.04. The lowest BCUT2D eigenvalue weighted by Gasteiger charge is -2.11. The third kappa shape index (κ3) is 4.62. The molecule has 1 heterocycles. The predicted octanol–water partition coefficient (Wildman–Crippen LogP) is 1.73. The lowest BCUT2D eigenvalue weighted by Crippen LogP contribution is -2.21. The van der Waals surface area contributed by atoms with E-state index in [1.807, 2.05) is 6.92 Å². The van der Waals surface area contributed by atoms with Crippen LogP contribution in [0.15, 0.2) is 23.4 Å². The van der Waals surface area contributed by atoms with Crippen LogP contribution in [0.4, 0.5) is 11.6 Å². The summed E-state index contributed by atoms with van der Waals surface area (Å²) in [6.07, 6.45) is 0. The first-order chi connectivity index (χ1) is 11.4. The average Bonchev–Trinajstić information content (AvgIpc) is 2.88. The van der Waals surface area contributed by atoms with Crippen molar-refractivity contribution in [2.24, 2.45) is 0 Å². The molecule has 0 fully saturated rings. The van der Waals surface area contributed by atoms with Crippen LogP contribution in [0.25, 0.3) is 0 Å². The van der Waals surface area contributed by atoms with Gasteiger partial charge in [0.2, 0.25) is 11.9 Å². The van der Waals surface area contributed by atoms with Crippen LogP contribution < -0.4 is 11.1 Å². The van der Waals surface area contributed by atoms with Crippen LogP contribution in [0.2, 0.25) is 5.02 Å². The van der Waals surface area contributed by atoms with E-state index < -0.39 is 5.97 Å². The molecule has 3 N–H and O–H groups in total. The smallest absolute Gasteiger partial charge is 0.316 e. The van der Waals surface area contributed by atoms with E-state index in [4.69, 9.17) is 17.3 Å². The summed E-state index contributed by atoms with van der Waals surface area (Å²) < 4.78 is 5.99. The third-order valence-corrected chi connectivity index (χ3v) is 4.23. The lowest BCUT2D eigenvalue weighted by molar-refractivity contribution is -0.137. The van der Waals surface area contributed by atoms with Gasteiger partial charge in [-0.15, -0.1) is 10.2 Å². The van der Waals surface area contributed by atoms with Crippen LogP contribution in [0, 0.1) is 6.92 Å². The summed E-state index contributed by atoms with van der Waals surface area (Å²) in [7, 11) is 1.30. The topological polar surface area (TPSA) is 112 Å². The first-order valence-corrected chi connectivity index (χ1v) is 8.21. The van der Waals surface area contributed by atoms with Crippen LogP contribution in [0.5, 0.6) is 0 Å². The van der Waals surface area contributed by atoms with E-state index in [2.05, 4.69) is 20.3 Å². The summed E-state index contributed by atoms with van der Waals surface area (Å²) in [6, 6.07) is 5.16. The van der Waals surface area contributed by atoms with Crippen molar-refractivity contribution in [3.8, 4) is 0 Å². The predicted molar refractivity (Wildman–Crippen MR) is 92.0 cm³/mol. The molecule has 0 unspecified atom stereocenters. The molecule has 8 nitrogen and oxygen atoms in total. The second-order valence-electron chi connectivity index (χ2n) is 4.80. The molecule has 2 rings (SSSR count). The Labute approximate surface area is 147 Å². The molecule has 1 amide bonds. The second kappa shape index (κ2) is 8.02. The monoisotopic (exact) mass is 369 g/mol. The molecule has 2 aromatic rings. The van der Waals surface area contributed by atoms with Gasteiger partial charge in [-0.2, -0.15) is 0 Å². The zero-order valence-corrected chi connectivity index (χ0v) is 14.6. The number of nitrogens with zero attached hydrogens (tertiary/aromatic N) is 3. The van der Waals surface area contributed by atoms with E-state index in [9.17, 15) is 9.59 Å². The van der Waals surface area contributed by atoms with Crippen molar-refractivity contribution in [1.82, 2.24) is 14.8 Å². The maximum absolute atomic E-state index is 12.2. The van der Waals surface area contributed by atoms with Crippen LogP contribution in [0.1, 0.15) is 5.56 Å². The average molecular weight is 370 g/mol. The second-order valence-corrected chi connectivity index (χ2v) is 6.18. The fourth-order valence-corrected chi connectivity index (χ4v) is 2.84. The van der Waals surface area contributed by atoms with Crippen LogP contribution >= 0.6 is 23.4 Å². The van der Waals surface area contributed by atoms with Gasteiger partial charge in [-0.05, 0) is 30.7 Å². The van der Waals surface area contributed by atoms with E-state index in [0.29, 0.717) is 15.9 Å². The van der Waals surface area contributed by atoms with E-state index in [1.54, 1.807) is 18.2 Å². The molecule has 24 heavy (non-hydrogen) atoms. The molecule has 0 radical (unpaired) electrons. The van der Waals surface area contributed by atoms with Gasteiger partial charge in [-0.3, -0.25) is 14.2 Å². The zero-order valence-electron chi connectivity index (χ0n) is 13.1. The number of amides is 1. The fourth-order valence-electron chi connectivity index (χ4n) is 1.84. The number of anilines is 2. The first-order valence-electron chi connectivity index (χ1n) is 6.85. The Balaban J connectivity index is 2.06. The number of esters is 1. The van der Waals surface area contributed by atoms with Crippen LogP contribution in [0.3, 0.4) is 0 Å². The van der Waals surface area contributed by atoms with Gasteiger partial charge in [-0.25, -0.2) is 0 Å². The Bertz CT molecular complexity index is 765. The number of nitrogens with two attached hydrogens (primary N) is 1. The van der Waals surface area contributed by atoms with E-state index in [-0.39, 0.29) is 24.2 Å². The standard InChI is InChI=1S/C14H16ClN5O3S/c1-8-5-9(15)3-4-10(8)17-11(21)6-20-13(16)18-19-14(20)24-7-12(22)23-2/h3-5H,6-7H2,1-2H3,(H2,16,18)(H,17,21). The maximum Gasteiger partial charge on any atom is 0.316 e. The molecule has 0 saturated heterocycles. The molecule has 1 aromatic heterocycles. The molecule has 128 valence electrons. The Morgan fingerprint density at radius 3 is 2.83 bits per heavy atom. The first kappa shape index (κ1) is 18.1. The lowest BCUT2D eigenvalue weighted by atomic mass is 10.2. The SMILES string of the molecule is COC(=O)CSc1nnc(N)n1CC(=O)Nc1ccc(Cl)cc1C. The molecule has 0 atom stereocenters. The van der Waals surface area contributed by atoms with Gasteiger partial charge >= 0.3 is 5.97 Å². The number of aromatic nitrogens is 3. The van der Waals surface area contributed by atoms with Gasteiger partial charge in [0.15, 0.2) is 5.16 Å². The van der Waals surface area contributed by atoms with Crippen molar-refractivity contribution in [1.29, 1.82) is 0 Å². The quantitative estimate of drug-likeness (QED) is 0.588. The van der Waals surface area contributed by atoms with Crippen LogP contribution in [-0.2, 0) is 20.9 Å². The van der Waals surface area contributed by atoms with Gasteiger partial charge in [0.1, 0.15) is 6.54 Å². The van der Waals surface area contributed by atoms with Crippen molar-refractivity contribution in [3.63, 3.8) is 0 Å². The van der Waals surface area contributed by atoms with E-state index in [1.165, 1.54) is 11.7 Å². The van der Waals surface area contributed by atoms with Gasteiger partial charge in [0, 0.05) is 10.7 Å². The largest absolute Gasteiger partial charge is 0.468 e. The fraction of sp³-hybridized carbons (Fsp3) is 0.286. The third-order valence-electron chi connectivity index (χ3n) is 3.06. The number of aryl methyl sites for hydroxylation is 1.